The lowest BCUT2D eigenvalue weighted by Gasteiger charge is -2.33. The van der Waals surface area contributed by atoms with Crippen LogP contribution in [0.3, 0.4) is 0 Å². The van der Waals surface area contributed by atoms with E-state index < -0.39 is 6.10 Å². The fourth-order valence-electron chi connectivity index (χ4n) is 1.89. The van der Waals surface area contributed by atoms with Crippen LogP contribution in [0.1, 0.15) is 6.42 Å². The lowest BCUT2D eigenvalue weighted by atomic mass is 10.1. The number of nitrogens with zero attached hydrogens (tertiary/aromatic N) is 1. The highest BCUT2D eigenvalue weighted by Crippen LogP contribution is 2.19. The molecule has 4 heteroatoms. The Kier molecular flexibility index (Phi) is 3.41. The van der Waals surface area contributed by atoms with Crippen LogP contribution in [0.15, 0.2) is 24.3 Å². The maximum absolute atomic E-state index is 12.7. The first kappa shape index (κ1) is 11.4. The van der Waals surface area contributed by atoms with Gasteiger partial charge >= 0.3 is 0 Å². The fraction of sp³-hybridized carbons (Fsp3) is 0.500. The molecule has 1 fully saturated rings. The van der Waals surface area contributed by atoms with Crippen molar-refractivity contribution in [1.82, 2.24) is 4.90 Å². The second-order valence-corrected chi connectivity index (χ2v) is 4.23. The number of rotatable bonds is 2. The summed E-state index contributed by atoms with van der Waals surface area (Å²) in [4.78, 5) is 2.06. The van der Waals surface area contributed by atoms with E-state index in [-0.39, 0.29) is 11.9 Å². The molecule has 0 saturated carbocycles. The number of halogens is 1. The van der Waals surface area contributed by atoms with Gasteiger partial charge in [-0.1, -0.05) is 0 Å². The van der Waals surface area contributed by atoms with Gasteiger partial charge in [0.2, 0.25) is 0 Å². The molecule has 0 radical (unpaired) electrons. The van der Waals surface area contributed by atoms with Crippen molar-refractivity contribution >= 4 is 0 Å². The van der Waals surface area contributed by atoms with E-state index in [9.17, 15) is 9.50 Å². The largest absolute Gasteiger partial charge is 0.488 e. The number of β-amino-alcohol motifs (C(OH)–C–C–N with tert-alkyl or cyclic N) is 1. The number of aliphatic hydroxyl groups excluding tert-OH is 1. The average molecular weight is 225 g/mol. The summed E-state index contributed by atoms with van der Waals surface area (Å²) in [5.74, 6) is 0.325. The molecule has 1 aliphatic heterocycles. The van der Waals surface area contributed by atoms with Crippen molar-refractivity contribution in [3.63, 3.8) is 0 Å². The molecule has 1 aromatic rings. The molecule has 88 valence electrons. The number of likely N-dealkylation sites (N-methyl/N-ethyl adjacent to an activating group) is 1. The van der Waals surface area contributed by atoms with E-state index in [0.29, 0.717) is 12.3 Å². The molecule has 0 aliphatic carbocycles. The molecule has 0 amide bonds. The van der Waals surface area contributed by atoms with Crippen LogP contribution >= 0.6 is 0 Å². The third-order valence-corrected chi connectivity index (χ3v) is 2.82. The summed E-state index contributed by atoms with van der Waals surface area (Å²) in [5.41, 5.74) is 0. The molecule has 0 spiro atoms. The third-order valence-electron chi connectivity index (χ3n) is 2.82. The first-order valence-corrected chi connectivity index (χ1v) is 5.44. The van der Waals surface area contributed by atoms with Crippen molar-refractivity contribution in [2.45, 2.75) is 18.6 Å². The van der Waals surface area contributed by atoms with Gasteiger partial charge in [-0.3, -0.25) is 0 Å². The molecule has 1 aromatic carbocycles. The van der Waals surface area contributed by atoms with Crippen molar-refractivity contribution < 1.29 is 14.2 Å². The summed E-state index contributed by atoms with van der Waals surface area (Å²) in [6, 6.07) is 5.88. The number of aliphatic hydroxyl groups is 1. The molecular formula is C12H16FNO2. The molecular weight excluding hydrogens is 209 g/mol. The predicted molar refractivity (Wildman–Crippen MR) is 58.9 cm³/mol. The highest BCUT2D eigenvalue weighted by Gasteiger charge is 2.27. The molecule has 2 rings (SSSR count). The smallest absolute Gasteiger partial charge is 0.127 e. The lowest BCUT2D eigenvalue weighted by molar-refractivity contribution is -0.0182. The van der Waals surface area contributed by atoms with Crippen LogP contribution in [-0.4, -0.2) is 42.4 Å². The summed E-state index contributed by atoms with van der Waals surface area (Å²) in [6.07, 6.45) is 0.111. The highest BCUT2D eigenvalue weighted by atomic mass is 19.1. The Labute approximate surface area is 94.4 Å². The number of hydrogen-bond donors (Lipinski definition) is 1. The zero-order valence-electron chi connectivity index (χ0n) is 9.27. The van der Waals surface area contributed by atoms with Crippen LogP contribution in [0.4, 0.5) is 4.39 Å². The van der Waals surface area contributed by atoms with Crippen LogP contribution in [0, 0.1) is 5.82 Å². The minimum absolute atomic E-state index is 0.193. The zero-order valence-corrected chi connectivity index (χ0v) is 9.27. The molecule has 2 atom stereocenters. The van der Waals surface area contributed by atoms with Crippen molar-refractivity contribution in [3.8, 4) is 5.75 Å². The summed E-state index contributed by atoms with van der Waals surface area (Å²) in [7, 11) is 1.97. The van der Waals surface area contributed by atoms with E-state index >= 15 is 0 Å². The van der Waals surface area contributed by atoms with Crippen LogP contribution < -0.4 is 4.74 Å². The standard InChI is InChI=1S/C12H16FNO2/c1-14-7-6-12(11(15)8-14)16-10-4-2-9(13)3-5-10/h2-5,11-12,15H,6-8H2,1H3/t11-,12-/m0/s1. The first-order valence-electron chi connectivity index (χ1n) is 5.44. The Hall–Kier alpha value is -1.13. The van der Waals surface area contributed by atoms with Gasteiger partial charge in [-0.05, 0) is 37.7 Å². The van der Waals surface area contributed by atoms with E-state index in [4.69, 9.17) is 4.74 Å². The normalized spacial score (nSPS) is 26.7. The molecule has 16 heavy (non-hydrogen) atoms. The third kappa shape index (κ3) is 2.71. The molecule has 1 heterocycles. The lowest BCUT2D eigenvalue weighted by Crippen LogP contribution is -2.47. The second kappa shape index (κ2) is 4.80. The minimum Gasteiger partial charge on any atom is -0.488 e. The molecule has 1 N–H and O–H groups in total. The van der Waals surface area contributed by atoms with Gasteiger partial charge < -0.3 is 14.7 Å². The van der Waals surface area contributed by atoms with Gasteiger partial charge in [-0.15, -0.1) is 0 Å². The van der Waals surface area contributed by atoms with Gasteiger partial charge in [0.15, 0.2) is 0 Å². The van der Waals surface area contributed by atoms with E-state index in [2.05, 4.69) is 4.90 Å². The predicted octanol–water partition coefficient (Wildman–Crippen LogP) is 1.27. The van der Waals surface area contributed by atoms with Crippen LogP contribution in [-0.2, 0) is 0 Å². The van der Waals surface area contributed by atoms with Crippen molar-refractivity contribution in [2.75, 3.05) is 20.1 Å². The molecule has 3 nitrogen and oxygen atoms in total. The van der Waals surface area contributed by atoms with Gasteiger partial charge in [-0.2, -0.15) is 0 Å². The number of piperidine rings is 1. The van der Waals surface area contributed by atoms with Crippen molar-refractivity contribution in [2.24, 2.45) is 0 Å². The van der Waals surface area contributed by atoms with Gasteiger partial charge in [0, 0.05) is 13.1 Å². The molecule has 1 saturated heterocycles. The van der Waals surface area contributed by atoms with Crippen LogP contribution in [0.2, 0.25) is 0 Å². The molecule has 0 aromatic heterocycles. The molecule has 0 bridgehead atoms. The van der Waals surface area contributed by atoms with Crippen LogP contribution in [0.5, 0.6) is 5.75 Å². The fourth-order valence-corrected chi connectivity index (χ4v) is 1.89. The Morgan fingerprint density at radius 3 is 2.69 bits per heavy atom. The van der Waals surface area contributed by atoms with E-state index in [1.165, 1.54) is 12.1 Å². The summed E-state index contributed by atoms with van der Waals surface area (Å²) < 4.78 is 18.3. The molecule has 1 aliphatic rings. The monoisotopic (exact) mass is 225 g/mol. The first-order chi connectivity index (χ1) is 7.65. The SMILES string of the molecule is CN1CC[C@H](Oc2ccc(F)cc2)[C@@H](O)C1. The summed E-state index contributed by atoms with van der Waals surface area (Å²) in [6.45, 7) is 1.52. The topological polar surface area (TPSA) is 32.7 Å². The van der Waals surface area contributed by atoms with Gasteiger partial charge in [0.25, 0.3) is 0 Å². The second-order valence-electron chi connectivity index (χ2n) is 4.23. The van der Waals surface area contributed by atoms with E-state index in [1.807, 2.05) is 7.05 Å². The van der Waals surface area contributed by atoms with E-state index in [0.717, 1.165) is 13.0 Å². The highest BCUT2D eigenvalue weighted by molar-refractivity contribution is 5.22. The Morgan fingerprint density at radius 1 is 1.38 bits per heavy atom. The summed E-state index contributed by atoms with van der Waals surface area (Å²) >= 11 is 0. The number of benzene rings is 1. The maximum Gasteiger partial charge on any atom is 0.127 e. The Bertz CT molecular complexity index is 341. The zero-order chi connectivity index (χ0) is 11.5. The Morgan fingerprint density at radius 2 is 2.06 bits per heavy atom. The number of likely N-dealkylation sites (tertiary alicyclic amines) is 1. The summed E-state index contributed by atoms with van der Waals surface area (Å²) in [5, 5.41) is 9.81. The quantitative estimate of drug-likeness (QED) is 0.822. The Balaban J connectivity index is 1.96. The van der Waals surface area contributed by atoms with Crippen LogP contribution in [0.25, 0.3) is 0 Å². The number of ether oxygens (including phenoxy) is 1. The van der Waals surface area contributed by atoms with Gasteiger partial charge in [0.05, 0.1) is 0 Å². The van der Waals surface area contributed by atoms with Gasteiger partial charge in [0.1, 0.15) is 23.8 Å². The number of hydrogen-bond acceptors (Lipinski definition) is 3. The van der Waals surface area contributed by atoms with Gasteiger partial charge in [-0.25, -0.2) is 4.39 Å². The van der Waals surface area contributed by atoms with Crippen molar-refractivity contribution in [1.29, 1.82) is 0 Å². The van der Waals surface area contributed by atoms with E-state index in [1.54, 1.807) is 12.1 Å². The minimum atomic E-state index is -0.483. The maximum atomic E-state index is 12.7. The average Bonchev–Trinajstić information content (AvgIpc) is 2.25. The molecule has 0 unspecified atom stereocenters. The van der Waals surface area contributed by atoms with Crippen molar-refractivity contribution in [3.05, 3.63) is 30.1 Å².